The molecule has 2 aromatic rings. The molecule has 2 aromatic heterocycles. The maximum atomic E-state index is 11.0. The zero-order valence-electron chi connectivity index (χ0n) is 10.6. The van der Waals surface area contributed by atoms with Crippen LogP contribution in [0.5, 0.6) is 0 Å². The van der Waals surface area contributed by atoms with Gasteiger partial charge in [-0.3, -0.25) is 0 Å². The van der Waals surface area contributed by atoms with E-state index < -0.39 is 5.97 Å². The van der Waals surface area contributed by atoms with Gasteiger partial charge in [0.15, 0.2) is 0 Å². The van der Waals surface area contributed by atoms with Crippen LogP contribution >= 0.6 is 11.8 Å². The maximum absolute atomic E-state index is 11.0. The zero-order chi connectivity index (χ0) is 13.2. The summed E-state index contributed by atoms with van der Waals surface area (Å²) in [5.74, 6) is 3.23. The van der Waals surface area contributed by atoms with Crippen molar-refractivity contribution in [3.05, 3.63) is 35.9 Å². The first-order valence-electron chi connectivity index (χ1n) is 6.51. The fraction of sp³-hybridized carbons (Fsp3) is 0.429. The Morgan fingerprint density at radius 2 is 2.21 bits per heavy atom. The highest BCUT2D eigenvalue weighted by Crippen LogP contribution is 2.25. The summed E-state index contributed by atoms with van der Waals surface area (Å²) in [4.78, 5) is 15.5. The molecule has 0 unspecified atom stereocenters. The number of imidazole rings is 1. The Bertz CT molecular complexity index is 603. The molecule has 5 heteroatoms. The number of thioether (sulfide) groups is 1. The van der Waals surface area contributed by atoms with Crippen molar-refractivity contribution < 1.29 is 9.90 Å². The highest BCUT2D eigenvalue weighted by molar-refractivity contribution is 7.99. The minimum Gasteiger partial charge on any atom is -0.478 e. The van der Waals surface area contributed by atoms with Gasteiger partial charge in [0.05, 0.1) is 17.3 Å². The van der Waals surface area contributed by atoms with Gasteiger partial charge in [-0.2, -0.15) is 11.8 Å². The van der Waals surface area contributed by atoms with E-state index in [-0.39, 0.29) is 0 Å². The van der Waals surface area contributed by atoms with E-state index in [0.717, 1.165) is 17.8 Å². The van der Waals surface area contributed by atoms with Gasteiger partial charge in [0.2, 0.25) is 0 Å². The monoisotopic (exact) mass is 276 g/mol. The predicted octanol–water partition coefficient (Wildman–Crippen LogP) is 2.72. The summed E-state index contributed by atoms with van der Waals surface area (Å²) in [7, 11) is 0. The van der Waals surface area contributed by atoms with Crippen LogP contribution in [0.25, 0.3) is 5.52 Å². The topological polar surface area (TPSA) is 54.6 Å². The molecule has 0 aromatic carbocycles. The molecule has 0 aliphatic carbocycles. The quantitative estimate of drug-likeness (QED) is 0.936. The minimum atomic E-state index is -0.893. The van der Waals surface area contributed by atoms with Gasteiger partial charge in [-0.05, 0) is 42.4 Å². The van der Waals surface area contributed by atoms with Crippen LogP contribution < -0.4 is 0 Å². The average molecular weight is 276 g/mol. The number of aromatic nitrogens is 2. The molecular weight excluding hydrogens is 260 g/mol. The third-order valence-corrected chi connectivity index (χ3v) is 4.71. The lowest BCUT2D eigenvalue weighted by Gasteiger charge is -2.20. The lowest BCUT2D eigenvalue weighted by Crippen LogP contribution is -2.14. The molecule has 0 bridgehead atoms. The highest BCUT2D eigenvalue weighted by atomic mass is 32.2. The van der Waals surface area contributed by atoms with Crippen LogP contribution in [0, 0.1) is 5.92 Å². The molecular formula is C14H16N2O2S. The Labute approximate surface area is 115 Å². The third-order valence-electron chi connectivity index (χ3n) is 3.66. The van der Waals surface area contributed by atoms with Crippen LogP contribution in [0.4, 0.5) is 0 Å². The van der Waals surface area contributed by atoms with Crippen molar-refractivity contribution in [3.63, 3.8) is 0 Å². The first kappa shape index (κ1) is 12.5. The number of pyridine rings is 1. The Hall–Kier alpha value is -1.49. The van der Waals surface area contributed by atoms with Gasteiger partial charge < -0.3 is 9.51 Å². The van der Waals surface area contributed by atoms with Gasteiger partial charge in [0.1, 0.15) is 5.82 Å². The summed E-state index contributed by atoms with van der Waals surface area (Å²) in [6.45, 7) is 0. The summed E-state index contributed by atoms with van der Waals surface area (Å²) < 4.78 is 1.92. The summed E-state index contributed by atoms with van der Waals surface area (Å²) in [5.41, 5.74) is 1.27. The van der Waals surface area contributed by atoms with Gasteiger partial charge in [-0.15, -0.1) is 0 Å². The number of nitrogens with zero attached hydrogens (tertiary/aromatic N) is 2. The SMILES string of the molecule is O=C(O)c1ccc2cnc(CC3CCSCC3)n2c1. The zero-order valence-corrected chi connectivity index (χ0v) is 11.4. The number of fused-ring (bicyclic) bond motifs is 1. The van der Waals surface area contributed by atoms with Crippen LogP contribution in [-0.2, 0) is 6.42 Å². The molecule has 3 heterocycles. The lowest BCUT2D eigenvalue weighted by molar-refractivity contribution is 0.0696. The van der Waals surface area contributed by atoms with Gasteiger partial charge in [-0.1, -0.05) is 0 Å². The number of hydrogen-bond donors (Lipinski definition) is 1. The van der Waals surface area contributed by atoms with Gasteiger partial charge >= 0.3 is 5.97 Å². The standard InChI is InChI=1S/C14H16N2O2S/c17-14(18)11-1-2-12-8-15-13(16(12)9-11)7-10-3-5-19-6-4-10/h1-2,8-10H,3-7H2,(H,17,18). The Morgan fingerprint density at radius 1 is 1.42 bits per heavy atom. The second-order valence-electron chi connectivity index (χ2n) is 4.95. The molecule has 0 amide bonds. The molecule has 0 saturated carbocycles. The fourth-order valence-corrected chi connectivity index (χ4v) is 3.73. The molecule has 0 atom stereocenters. The number of carbonyl (C=O) groups is 1. The molecule has 0 radical (unpaired) electrons. The van der Waals surface area contributed by atoms with E-state index in [2.05, 4.69) is 4.98 Å². The molecule has 1 saturated heterocycles. The normalized spacial score (nSPS) is 16.8. The van der Waals surface area contributed by atoms with Gasteiger partial charge in [-0.25, -0.2) is 9.78 Å². The van der Waals surface area contributed by atoms with Crippen molar-refractivity contribution in [2.24, 2.45) is 5.92 Å². The van der Waals surface area contributed by atoms with Crippen molar-refractivity contribution in [2.45, 2.75) is 19.3 Å². The summed E-state index contributed by atoms with van der Waals surface area (Å²) >= 11 is 2.02. The molecule has 1 fully saturated rings. The van der Waals surface area contributed by atoms with Gasteiger partial charge in [0, 0.05) is 12.6 Å². The smallest absolute Gasteiger partial charge is 0.337 e. The number of carboxylic acids is 1. The van der Waals surface area contributed by atoms with Crippen molar-refractivity contribution in [1.82, 2.24) is 9.38 Å². The van der Waals surface area contributed by atoms with Crippen molar-refractivity contribution in [3.8, 4) is 0 Å². The van der Waals surface area contributed by atoms with Crippen LogP contribution in [0.3, 0.4) is 0 Å². The second-order valence-corrected chi connectivity index (χ2v) is 6.18. The molecule has 1 aliphatic heterocycles. The van der Waals surface area contributed by atoms with Crippen LogP contribution in [0.1, 0.15) is 29.0 Å². The first-order valence-corrected chi connectivity index (χ1v) is 7.66. The van der Waals surface area contributed by atoms with E-state index in [0.29, 0.717) is 11.5 Å². The Morgan fingerprint density at radius 3 is 2.95 bits per heavy atom. The molecule has 4 nitrogen and oxygen atoms in total. The van der Waals surface area contributed by atoms with Crippen molar-refractivity contribution in [2.75, 3.05) is 11.5 Å². The van der Waals surface area contributed by atoms with Crippen LogP contribution in [0.2, 0.25) is 0 Å². The van der Waals surface area contributed by atoms with E-state index in [1.165, 1.54) is 24.3 Å². The number of hydrogen-bond acceptors (Lipinski definition) is 3. The maximum Gasteiger partial charge on any atom is 0.337 e. The van der Waals surface area contributed by atoms with E-state index in [1.54, 1.807) is 12.3 Å². The van der Waals surface area contributed by atoms with Crippen LogP contribution in [-0.4, -0.2) is 32.0 Å². The van der Waals surface area contributed by atoms with Gasteiger partial charge in [0.25, 0.3) is 0 Å². The number of carboxylic acid groups (broad SMARTS) is 1. The lowest BCUT2D eigenvalue weighted by atomic mass is 9.98. The summed E-state index contributed by atoms with van der Waals surface area (Å²) in [5, 5.41) is 9.06. The molecule has 100 valence electrons. The number of aromatic carboxylic acids is 1. The third kappa shape index (κ3) is 2.61. The molecule has 1 N–H and O–H groups in total. The molecule has 19 heavy (non-hydrogen) atoms. The van der Waals surface area contributed by atoms with E-state index >= 15 is 0 Å². The van der Waals surface area contributed by atoms with Crippen LogP contribution in [0.15, 0.2) is 24.5 Å². The molecule has 0 spiro atoms. The first-order chi connectivity index (χ1) is 9.24. The van der Waals surface area contributed by atoms with Crippen molar-refractivity contribution >= 4 is 23.2 Å². The average Bonchev–Trinajstić information content (AvgIpc) is 2.82. The Balaban J connectivity index is 1.89. The summed E-state index contributed by atoms with van der Waals surface area (Å²) in [6, 6.07) is 3.44. The van der Waals surface area contributed by atoms with E-state index in [1.807, 2.05) is 28.4 Å². The second kappa shape index (κ2) is 5.25. The highest BCUT2D eigenvalue weighted by Gasteiger charge is 2.17. The predicted molar refractivity (Wildman–Crippen MR) is 75.9 cm³/mol. The fourth-order valence-electron chi connectivity index (χ4n) is 2.53. The van der Waals surface area contributed by atoms with Crippen molar-refractivity contribution in [1.29, 1.82) is 0 Å². The number of rotatable bonds is 3. The molecule has 1 aliphatic rings. The Kier molecular flexibility index (Phi) is 3.46. The molecule has 3 rings (SSSR count). The largest absolute Gasteiger partial charge is 0.478 e. The van der Waals surface area contributed by atoms with E-state index in [9.17, 15) is 4.79 Å². The van der Waals surface area contributed by atoms with E-state index in [4.69, 9.17) is 5.11 Å². The summed E-state index contributed by atoms with van der Waals surface area (Å²) in [6.07, 6.45) is 6.91. The minimum absolute atomic E-state index is 0.311.